The average molecular weight is 339 g/mol. The van der Waals surface area contributed by atoms with Gasteiger partial charge in [-0.1, -0.05) is 0 Å². The van der Waals surface area contributed by atoms with E-state index in [-0.39, 0.29) is 12.0 Å². The summed E-state index contributed by atoms with van der Waals surface area (Å²) in [7, 11) is -2.81. The van der Waals surface area contributed by atoms with Gasteiger partial charge in [0.15, 0.2) is 9.84 Å². The predicted octanol–water partition coefficient (Wildman–Crippen LogP) is 1.93. The topological polar surface area (TPSA) is 64.6 Å². The number of fused-ring (bicyclic) bond motifs is 1. The first-order chi connectivity index (χ1) is 11.0. The number of nitrogens with one attached hydrogen (secondary N) is 1. The van der Waals surface area contributed by atoms with E-state index in [0.717, 1.165) is 36.4 Å². The first-order valence-electron chi connectivity index (χ1n) is 8.33. The maximum atomic E-state index is 11.5. The molecule has 0 bridgehead atoms. The lowest BCUT2D eigenvalue weighted by Gasteiger charge is -2.14. The fourth-order valence-electron chi connectivity index (χ4n) is 3.35. The Bertz CT molecular complexity index is 671. The molecule has 5 nitrogen and oxygen atoms in total. The van der Waals surface area contributed by atoms with Crippen LogP contribution in [0.3, 0.4) is 0 Å². The Kier molecular flexibility index (Phi) is 4.82. The molecule has 1 saturated heterocycles. The average Bonchev–Trinajstić information content (AvgIpc) is 3.00. The minimum Gasteiger partial charge on any atom is -0.494 e. The van der Waals surface area contributed by atoms with Crippen molar-refractivity contribution >= 4 is 9.84 Å². The van der Waals surface area contributed by atoms with Crippen LogP contribution in [0.4, 0.5) is 0 Å². The van der Waals surface area contributed by atoms with Gasteiger partial charge in [-0.15, -0.1) is 0 Å². The van der Waals surface area contributed by atoms with Crippen molar-refractivity contribution in [3.05, 3.63) is 23.3 Å². The highest BCUT2D eigenvalue weighted by atomic mass is 32.2. The Labute approximate surface area is 138 Å². The van der Waals surface area contributed by atoms with Crippen molar-refractivity contribution in [2.75, 3.05) is 24.7 Å². The number of rotatable bonds is 6. The molecule has 6 heteroatoms. The van der Waals surface area contributed by atoms with Crippen LogP contribution in [0, 0.1) is 5.92 Å². The fraction of sp³-hybridized carbons (Fsp3) is 0.647. The third-order valence-electron chi connectivity index (χ3n) is 4.45. The summed E-state index contributed by atoms with van der Waals surface area (Å²) in [5.41, 5.74) is 2.27. The molecule has 1 N–H and O–H groups in total. The van der Waals surface area contributed by atoms with Crippen molar-refractivity contribution in [3.63, 3.8) is 0 Å². The van der Waals surface area contributed by atoms with Gasteiger partial charge in [-0.2, -0.15) is 0 Å². The van der Waals surface area contributed by atoms with Crippen LogP contribution < -0.4 is 14.8 Å². The van der Waals surface area contributed by atoms with Crippen LogP contribution in [0.15, 0.2) is 12.1 Å². The third-order valence-corrected chi connectivity index (χ3v) is 6.29. The minimum atomic E-state index is -2.81. The van der Waals surface area contributed by atoms with E-state index >= 15 is 0 Å². The second kappa shape index (κ2) is 6.69. The lowest BCUT2D eigenvalue weighted by atomic mass is 10.1. The molecule has 0 aliphatic carbocycles. The minimum absolute atomic E-state index is 0.214. The molecule has 0 amide bonds. The SMILES string of the molecule is CCOc1cc2c(cc1CNCC1CCS(=O)(=O)C1)OC(C)C2. The molecular formula is C17H25NO4S. The lowest BCUT2D eigenvalue weighted by molar-refractivity contribution is 0.254. The van der Waals surface area contributed by atoms with Crippen LogP contribution in [-0.2, 0) is 22.8 Å². The van der Waals surface area contributed by atoms with Gasteiger partial charge in [0.05, 0.1) is 18.1 Å². The van der Waals surface area contributed by atoms with Gasteiger partial charge in [-0.25, -0.2) is 8.42 Å². The molecule has 2 unspecified atom stereocenters. The monoisotopic (exact) mass is 339 g/mol. The Morgan fingerprint density at radius 2 is 2.22 bits per heavy atom. The highest BCUT2D eigenvalue weighted by Crippen LogP contribution is 2.35. The zero-order chi connectivity index (χ0) is 16.4. The summed E-state index contributed by atoms with van der Waals surface area (Å²) in [6.45, 7) is 6.06. The van der Waals surface area contributed by atoms with E-state index < -0.39 is 9.84 Å². The standard InChI is InChI=1S/C17H25NO4S/c1-3-21-16-7-14-6-12(2)22-17(14)8-15(16)10-18-9-13-4-5-23(19,20)11-13/h7-8,12-13,18H,3-6,9-11H2,1-2H3. The molecule has 1 aromatic carbocycles. The zero-order valence-electron chi connectivity index (χ0n) is 13.8. The molecular weight excluding hydrogens is 314 g/mol. The molecule has 0 radical (unpaired) electrons. The van der Waals surface area contributed by atoms with Gasteiger partial charge in [0.25, 0.3) is 0 Å². The Balaban J connectivity index is 1.64. The second-order valence-electron chi connectivity index (χ2n) is 6.53. The number of ether oxygens (including phenoxy) is 2. The van der Waals surface area contributed by atoms with Gasteiger partial charge in [0.1, 0.15) is 17.6 Å². The molecule has 2 heterocycles. The Morgan fingerprint density at radius 1 is 1.39 bits per heavy atom. The van der Waals surface area contributed by atoms with E-state index in [1.165, 1.54) is 5.56 Å². The van der Waals surface area contributed by atoms with Crippen molar-refractivity contribution < 1.29 is 17.9 Å². The van der Waals surface area contributed by atoms with E-state index in [4.69, 9.17) is 9.47 Å². The van der Waals surface area contributed by atoms with Crippen LogP contribution in [-0.4, -0.2) is 39.2 Å². The molecule has 3 rings (SSSR count). The van der Waals surface area contributed by atoms with E-state index in [1.54, 1.807) is 0 Å². The summed E-state index contributed by atoms with van der Waals surface area (Å²) in [4.78, 5) is 0. The summed E-state index contributed by atoms with van der Waals surface area (Å²) < 4.78 is 34.6. The van der Waals surface area contributed by atoms with Crippen molar-refractivity contribution in [2.24, 2.45) is 5.92 Å². The molecule has 2 aliphatic rings. The molecule has 23 heavy (non-hydrogen) atoms. The lowest BCUT2D eigenvalue weighted by Crippen LogP contribution is -2.23. The molecule has 0 aromatic heterocycles. The molecule has 2 atom stereocenters. The predicted molar refractivity (Wildman–Crippen MR) is 89.9 cm³/mol. The number of hydrogen-bond donors (Lipinski definition) is 1. The van der Waals surface area contributed by atoms with Crippen LogP contribution in [0.25, 0.3) is 0 Å². The van der Waals surface area contributed by atoms with Gasteiger partial charge < -0.3 is 14.8 Å². The second-order valence-corrected chi connectivity index (χ2v) is 8.76. The summed E-state index contributed by atoms with van der Waals surface area (Å²) >= 11 is 0. The van der Waals surface area contributed by atoms with Gasteiger partial charge in [0.2, 0.25) is 0 Å². The van der Waals surface area contributed by atoms with Gasteiger partial charge in [-0.05, 0) is 44.9 Å². The summed E-state index contributed by atoms with van der Waals surface area (Å²) in [6, 6.07) is 4.14. The maximum Gasteiger partial charge on any atom is 0.150 e. The third kappa shape index (κ3) is 3.98. The van der Waals surface area contributed by atoms with Gasteiger partial charge in [0, 0.05) is 24.1 Å². The van der Waals surface area contributed by atoms with Crippen molar-refractivity contribution in [3.8, 4) is 11.5 Å². The first-order valence-corrected chi connectivity index (χ1v) is 10.2. The van der Waals surface area contributed by atoms with Crippen LogP contribution in [0.5, 0.6) is 11.5 Å². The number of benzene rings is 1. The molecule has 0 saturated carbocycles. The smallest absolute Gasteiger partial charge is 0.150 e. The van der Waals surface area contributed by atoms with Crippen LogP contribution in [0.2, 0.25) is 0 Å². The largest absolute Gasteiger partial charge is 0.494 e. The van der Waals surface area contributed by atoms with Crippen molar-refractivity contribution in [1.29, 1.82) is 0 Å². The van der Waals surface area contributed by atoms with Crippen LogP contribution in [0.1, 0.15) is 31.4 Å². The van der Waals surface area contributed by atoms with Gasteiger partial charge in [-0.3, -0.25) is 0 Å². The van der Waals surface area contributed by atoms with E-state index in [2.05, 4.69) is 24.4 Å². The zero-order valence-corrected chi connectivity index (χ0v) is 14.6. The molecule has 0 spiro atoms. The van der Waals surface area contributed by atoms with E-state index in [0.29, 0.717) is 24.7 Å². The summed E-state index contributed by atoms with van der Waals surface area (Å²) in [5, 5.41) is 3.38. The summed E-state index contributed by atoms with van der Waals surface area (Å²) in [6.07, 6.45) is 1.90. The van der Waals surface area contributed by atoms with E-state index in [9.17, 15) is 8.42 Å². The Morgan fingerprint density at radius 3 is 2.91 bits per heavy atom. The van der Waals surface area contributed by atoms with Crippen LogP contribution >= 0.6 is 0 Å². The molecule has 128 valence electrons. The highest BCUT2D eigenvalue weighted by molar-refractivity contribution is 7.91. The normalized spacial score (nSPS) is 25.1. The first kappa shape index (κ1) is 16.6. The number of sulfone groups is 1. The quantitative estimate of drug-likeness (QED) is 0.858. The number of hydrogen-bond acceptors (Lipinski definition) is 5. The van der Waals surface area contributed by atoms with E-state index in [1.807, 2.05) is 6.92 Å². The fourth-order valence-corrected chi connectivity index (χ4v) is 5.22. The highest BCUT2D eigenvalue weighted by Gasteiger charge is 2.27. The van der Waals surface area contributed by atoms with Crippen molar-refractivity contribution in [2.45, 2.75) is 39.3 Å². The molecule has 1 fully saturated rings. The molecule has 1 aromatic rings. The summed E-state index contributed by atoms with van der Waals surface area (Å²) in [5.74, 6) is 2.70. The van der Waals surface area contributed by atoms with Crippen molar-refractivity contribution in [1.82, 2.24) is 5.32 Å². The van der Waals surface area contributed by atoms with Gasteiger partial charge >= 0.3 is 0 Å². The maximum absolute atomic E-state index is 11.5. The Hall–Kier alpha value is -1.27. The molecule has 2 aliphatic heterocycles.